The molecular weight excluding hydrogens is 220 g/mol. The third-order valence-corrected chi connectivity index (χ3v) is 2.06. The van der Waals surface area contributed by atoms with Crippen LogP contribution in [-0.4, -0.2) is 12.9 Å². The predicted molar refractivity (Wildman–Crippen MR) is 71.9 cm³/mol. The summed E-state index contributed by atoms with van der Waals surface area (Å²) >= 11 is 1.42. The fourth-order valence-electron chi connectivity index (χ4n) is 0.748. The molecule has 16 heavy (non-hydrogen) atoms. The lowest BCUT2D eigenvalue weighted by Crippen LogP contribution is -1.88. The average molecular weight is 238 g/mol. The Morgan fingerprint density at radius 2 is 2.00 bits per heavy atom. The van der Waals surface area contributed by atoms with Crippen molar-refractivity contribution in [3.63, 3.8) is 0 Å². The van der Waals surface area contributed by atoms with Gasteiger partial charge in [0, 0.05) is 0 Å². The van der Waals surface area contributed by atoms with Gasteiger partial charge in [-0.25, -0.2) is 0 Å². The molecule has 0 radical (unpaired) electrons. The van der Waals surface area contributed by atoms with E-state index in [2.05, 4.69) is 22.9 Å². The summed E-state index contributed by atoms with van der Waals surface area (Å²) in [4.78, 5) is 9.17. The number of rotatable bonds is 5. The summed E-state index contributed by atoms with van der Waals surface area (Å²) in [5, 5.41) is 0.590. The molecular formula is C13H18O2S. The van der Waals surface area contributed by atoms with Crippen LogP contribution in [0.2, 0.25) is 0 Å². The van der Waals surface area contributed by atoms with Gasteiger partial charge in [-0.15, -0.1) is 0 Å². The van der Waals surface area contributed by atoms with Crippen LogP contribution < -0.4 is 0 Å². The second-order valence-corrected chi connectivity index (χ2v) is 3.54. The maximum atomic E-state index is 4.61. The third kappa shape index (κ3) is 8.15. The highest BCUT2D eigenvalue weighted by molar-refractivity contribution is 8.02. The first-order chi connectivity index (χ1) is 7.74. The van der Waals surface area contributed by atoms with Crippen LogP contribution in [0.15, 0.2) is 48.6 Å². The van der Waals surface area contributed by atoms with Gasteiger partial charge in [-0.2, -0.15) is 4.89 Å². The van der Waals surface area contributed by atoms with E-state index in [1.165, 1.54) is 17.3 Å². The molecule has 0 atom stereocenters. The minimum atomic E-state index is 0.555. The van der Waals surface area contributed by atoms with E-state index in [1.807, 2.05) is 49.6 Å². The van der Waals surface area contributed by atoms with Gasteiger partial charge in [0.15, 0.2) is 5.09 Å². The van der Waals surface area contributed by atoms with E-state index in [4.69, 9.17) is 0 Å². The standard InChI is InChI=1S/C8H8.C5H10O2S/c1-2-8-6-4-3-5-7-8;1-4-6-7-5(2)8-3/h2-7H,1H2;2,4H2,1,3H3. The molecule has 0 N–H and O–H groups in total. The zero-order valence-corrected chi connectivity index (χ0v) is 10.6. The van der Waals surface area contributed by atoms with Gasteiger partial charge >= 0.3 is 0 Å². The van der Waals surface area contributed by atoms with Crippen molar-refractivity contribution in [2.24, 2.45) is 0 Å². The Balaban J connectivity index is 0.000000281. The summed E-state index contributed by atoms with van der Waals surface area (Å²) in [6.07, 6.45) is 3.71. The summed E-state index contributed by atoms with van der Waals surface area (Å²) in [6, 6.07) is 10.0. The van der Waals surface area contributed by atoms with Crippen molar-refractivity contribution >= 4 is 17.8 Å². The van der Waals surface area contributed by atoms with E-state index in [9.17, 15) is 0 Å². The largest absolute Gasteiger partial charge is 0.331 e. The maximum Gasteiger partial charge on any atom is 0.191 e. The van der Waals surface area contributed by atoms with Gasteiger partial charge in [0.2, 0.25) is 0 Å². The van der Waals surface area contributed by atoms with E-state index in [-0.39, 0.29) is 0 Å². The van der Waals surface area contributed by atoms with Crippen molar-refractivity contribution in [1.29, 1.82) is 0 Å². The summed E-state index contributed by atoms with van der Waals surface area (Å²) < 4.78 is 0. The molecule has 0 aliphatic heterocycles. The highest BCUT2D eigenvalue weighted by Crippen LogP contribution is 2.08. The molecule has 2 nitrogen and oxygen atoms in total. The lowest BCUT2D eigenvalue weighted by atomic mass is 10.2. The highest BCUT2D eigenvalue weighted by atomic mass is 32.2. The van der Waals surface area contributed by atoms with Gasteiger partial charge in [-0.3, -0.25) is 0 Å². The molecule has 0 aromatic heterocycles. The Bertz CT molecular complexity index is 296. The van der Waals surface area contributed by atoms with Crippen LogP contribution in [0.5, 0.6) is 0 Å². The average Bonchev–Trinajstić information content (AvgIpc) is 2.37. The van der Waals surface area contributed by atoms with Gasteiger partial charge < -0.3 is 4.89 Å². The highest BCUT2D eigenvalue weighted by Gasteiger charge is 1.87. The molecule has 0 fully saturated rings. The van der Waals surface area contributed by atoms with Crippen LogP contribution in [0.25, 0.3) is 6.08 Å². The topological polar surface area (TPSA) is 18.5 Å². The van der Waals surface area contributed by atoms with Crippen molar-refractivity contribution in [3.8, 4) is 0 Å². The Kier molecular flexibility index (Phi) is 9.56. The molecule has 0 saturated heterocycles. The lowest BCUT2D eigenvalue weighted by Gasteiger charge is -2.00. The molecule has 0 aliphatic carbocycles. The second kappa shape index (κ2) is 10.3. The first kappa shape index (κ1) is 14.8. The SMILES string of the molecule is C=C(OOCC)SC.C=Cc1ccccc1. The molecule has 0 aliphatic rings. The van der Waals surface area contributed by atoms with Gasteiger partial charge in [0.1, 0.15) is 0 Å². The Morgan fingerprint density at radius 1 is 1.38 bits per heavy atom. The monoisotopic (exact) mass is 238 g/mol. The lowest BCUT2D eigenvalue weighted by molar-refractivity contribution is -0.248. The molecule has 0 saturated carbocycles. The van der Waals surface area contributed by atoms with Crippen molar-refractivity contribution in [2.45, 2.75) is 6.92 Å². The van der Waals surface area contributed by atoms with E-state index in [1.54, 1.807) is 0 Å². The van der Waals surface area contributed by atoms with Gasteiger partial charge in [0.05, 0.1) is 6.61 Å². The van der Waals surface area contributed by atoms with E-state index in [0.29, 0.717) is 11.7 Å². The first-order valence-electron chi connectivity index (χ1n) is 4.94. The van der Waals surface area contributed by atoms with Crippen molar-refractivity contribution in [2.75, 3.05) is 12.9 Å². The minimum Gasteiger partial charge on any atom is -0.331 e. The van der Waals surface area contributed by atoms with Crippen molar-refractivity contribution in [1.82, 2.24) is 0 Å². The summed E-state index contributed by atoms with van der Waals surface area (Å²) in [5.74, 6) is 0. The normalized spacial score (nSPS) is 8.62. The van der Waals surface area contributed by atoms with Crippen LogP contribution >= 0.6 is 11.8 Å². The number of hydrogen-bond donors (Lipinski definition) is 0. The summed E-state index contributed by atoms with van der Waals surface area (Å²) in [6.45, 7) is 9.57. The number of benzene rings is 1. The zero-order chi connectivity index (χ0) is 12.2. The van der Waals surface area contributed by atoms with E-state index >= 15 is 0 Å². The molecule has 0 bridgehead atoms. The van der Waals surface area contributed by atoms with Crippen molar-refractivity contribution < 1.29 is 9.78 Å². The molecule has 0 unspecified atom stereocenters. The number of hydrogen-bond acceptors (Lipinski definition) is 3. The molecule has 1 rings (SSSR count). The van der Waals surface area contributed by atoms with Crippen LogP contribution in [-0.2, 0) is 9.78 Å². The molecule has 1 aromatic rings. The molecule has 0 heterocycles. The van der Waals surface area contributed by atoms with Crippen LogP contribution in [0.4, 0.5) is 0 Å². The first-order valence-corrected chi connectivity index (χ1v) is 6.16. The fourth-order valence-corrected chi connectivity index (χ4v) is 0.864. The van der Waals surface area contributed by atoms with E-state index in [0.717, 1.165) is 0 Å². The Labute approximate surface area is 102 Å². The molecule has 88 valence electrons. The fraction of sp³-hybridized carbons (Fsp3) is 0.231. The minimum absolute atomic E-state index is 0.555. The third-order valence-electron chi connectivity index (χ3n) is 1.53. The van der Waals surface area contributed by atoms with Crippen LogP contribution in [0.3, 0.4) is 0 Å². The molecule has 3 heteroatoms. The van der Waals surface area contributed by atoms with Gasteiger partial charge in [0.25, 0.3) is 0 Å². The second-order valence-electron chi connectivity index (χ2n) is 2.68. The smallest absolute Gasteiger partial charge is 0.191 e. The zero-order valence-electron chi connectivity index (χ0n) is 9.81. The van der Waals surface area contributed by atoms with Crippen LogP contribution in [0.1, 0.15) is 12.5 Å². The predicted octanol–water partition coefficient (Wildman–Crippen LogP) is 4.12. The summed E-state index contributed by atoms with van der Waals surface area (Å²) in [7, 11) is 0. The summed E-state index contributed by atoms with van der Waals surface area (Å²) in [5.41, 5.74) is 1.17. The van der Waals surface area contributed by atoms with E-state index < -0.39 is 0 Å². The van der Waals surface area contributed by atoms with Crippen LogP contribution in [0, 0.1) is 0 Å². The quantitative estimate of drug-likeness (QED) is 0.437. The molecule has 1 aromatic carbocycles. The number of thioether (sulfide) groups is 1. The Morgan fingerprint density at radius 3 is 2.38 bits per heavy atom. The molecule has 0 amide bonds. The molecule has 0 spiro atoms. The Hall–Kier alpha value is -1.19. The van der Waals surface area contributed by atoms with Crippen molar-refractivity contribution in [3.05, 3.63) is 54.1 Å². The maximum absolute atomic E-state index is 4.61. The van der Waals surface area contributed by atoms with Gasteiger partial charge in [-0.05, 0) is 25.3 Å². The van der Waals surface area contributed by atoms with Gasteiger partial charge in [-0.1, -0.05) is 54.7 Å².